The first-order valence-corrected chi connectivity index (χ1v) is 5.79. The molecule has 0 aliphatic carbocycles. The molecule has 0 spiro atoms. The summed E-state index contributed by atoms with van der Waals surface area (Å²) in [6.07, 6.45) is 1.76. The molecule has 0 aliphatic rings. The molecule has 5 nitrogen and oxygen atoms in total. The number of amides is 1. The third-order valence-corrected chi connectivity index (χ3v) is 2.76. The van der Waals surface area contributed by atoms with Crippen LogP contribution >= 0.6 is 0 Å². The number of aromatic nitrogens is 2. The van der Waals surface area contributed by atoms with E-state index in [0.717, 1.165) is 5.69 Å². The van der Waals surface area contributed by atoms with Crippen molar-refractivity contribution in [3.8, 4) is 5.69 Å². The third kappa shape index (κ3) is 2.34. The van der Waals surface area contributed by atoms with Crippen molar-refractivity contribution in [3.05, 3.63) is 42.2 Å². The number of anilines is 1. The van der Waals surface area contributed by atoms with Gasteiger partial charge in [-0.15, -0.1) is 0 Å². The summed E-state index contributed by atoms with van der Waals surface area (Å²) in [6.45, 7) is 2.58. The first-order chi connectivity index (χ1) is 8.61. The maximum atomic E-state index is 11.9. The van der Waals surface area contributed by atoms with E-state index in [2.05, 4.69) is 5.10 Å². The Bertz CT molecular complexity index is 562. The third-order valence-electron chi connectivity index (χ3n) is 2.76. The molecule has 0 saturated heterocycles. The summed E-state index contributed by atoms with van der Waals surface area (Å²) in [4.78, 5) is 13.5. The van der Waals surface area contributed by atoms with Crippen LogP contribution in [0.25, 0.3) is 5.69 Å². The zero-order valence-electron chi connectivity index (χ0n) is 10.5. The van der Waals surface area contributed by atoms with Gasteiger partial charge in [0.1, 0.15) is 0 Å². The highest BCUT2D eigenvalue weighted by atomic mass is 16.2. The lowest BCUT2D eigenvalue weighted by Crippen LogP contribution is -2.26. The quantitative estimate of drug-likeness (QED) is 0.833. The average molecular weight is 244 g/mol. The molecule has 0 saturated carbocycles. The Morgan fingerprint density at radius 3 is 2.89 bits per heavy atom. The maximum absolute atomic E-state index is 11.9. The molecule has 2 N–H and O–H groups in total. The zero-order chi connectivity index (χ0) is 13.1. The van der Waals surface area contributed by atoms with Crippen LogP contribution in [0.3, 0.4) is 0 Å². The lowest BCUT2D eigenvalue weighted by Gasteiger charge is -2.11. The van der Waals surface area contributed by atoms with E-state index < -0.39 is 0 Å². The van der Waals surface area contributed by atoms with Crippen LogP contribution in [0, 0.1) is 0 Å². The number of benzene rings is 1. The average Bonchev–Trinajstić information content (AvgIpc) is 2.86. The molecule has 2 aromatic rings. The molecule has 0 radical (unpaired) electrons. The van der Waals surface area contributed by atoms with Gasteiger partial charge in [0, 0.05) is 25.5 Å². The summed E-state index contributed by atoms with van der Waals surface area (Å²) in [7, 11) is 1.75. The minimum absolute atomic E-state index is 0.0832. The number of carbonyl (C=O) groups excluding carboxylic acids is 1. The second-order valence-corrected chi connectivity index (χ2v) is 4.06. The molecule has 1 aromatic heterocycles. The first kappa shape index (κ1) is 12.2. The molecule has 0 bridgehead atoms. The van der Waals surface area contributed by atoms with Crippen LogP contribution in [0.4, 0.5) is 5.69 Å². The lowest BCUT2D eigenvalue weighted by molar-refractivity contribution is 0.0796. The molecule has 94 valence electrons. The van der Waals surface area contributed by atoms with Crippen LogP contribution in [-0.2, 0) is 0 Å². The van der Waals surface area contributed by atoms with Crippen LogP contribution in [0.2, 0.25) is 0 Å². The molecule has 1 amide bonds. The number of nitrogens with two attached hydrogens (primary N) is 1. The standard InChI is InChI=1S/C13H16N4O/c1-3-16(2)13(18)12-7-8-17(15-12)11-6-4-5-10(14)9-11/h4-9H,3,14H2,1-2H3. The van der Waals surface area contributed by atoms with E-state index in [1.165, 1.54) is 0 Å². The van der Waals surface area contributed by atoms with Crippen LogP contribution in [-0.4, -0.2) is 34.2 Å². The van der Waals surface area contributed by atoms with E-state index in [9.17, 15) is 4.79 Å². The zero-order valence-corrected chi connectivity index (χ0v) is 10.5. The Hall–Kier alpha value is -2.30. The molecule has 1 aromatic carbocycles. The smallest absolute Gasteiger partial charge is 0.274 e. The first-order valence-electron chi connectivity index (χ1n) is 5.79. The van der Waals surface area contributed by atoms with Crippen molar-refractivity contribution in [2.45, 2.75) is 6.92 Å². The van der Waals surface area contributed by atoms with Gasteiger partial charge in [-0.25, -0.2) is 4.68 Å². The van der Waals surface area contributed by atoms with E-state index in [0.29, 0.717) is 17.9 Å². The number of carbonyl (C=O) groups is 1. The fourth-order valence-electron chi connectivity index (χ4n) is 1.59. The monoisotopic (exact) mass is 244 g/mol. The van der Waals surface area contributed by atoms with E-state index in [1.54, 1.807) is 28.9 Å². The van der Waals surface area contributed by atoms with Gasteiger partial charge in [-0.1, -0.05) is 6.07 Å². The largest absolute Gasteiger partial charge is 0.399 e. The topological polar surface area (TPSA) is 64.2 Å². The predicted molar refractivity (Wildman–Crippen MR) is 70.6 cm³/mol. The summed E-state index contributed by atoms with van der Waals surface area (Å²) in [5.41, 5.74) is 7.66. The van der Waals surface area contributed by atoms with Crippen molar-refractivity contribution in [2.75, 3.05) is 19.3 Å². The molecule has 0 aliphatic heterocycles. The molecule has 0 unspecified atom stereocenters. The minimum atomic E-state index is -0.0832. The van der Waals surface area contributed by atoms with Crippen molar-refractivity contribution >= 4 is 11.6 Å². The van der Waals surface area contributed by atoms with Gasteiger partial charge in [-0.2, -0.15) is 5.10 Å². The highest BCUT2D eigenvalue weighted by molar-refractivity contribution is 5.92. The van der Waals surface area contributed by atoms with Crippen molar-refractivity contribution in [1.29, 1.82) is 0 Å². The summed E-state index contributed by atoms with van der Waals surface area (Å²) in [6, 6.07) is 9.07. The van der Waals surface area contributed by atoms with Gasteiger partial charge in [0.05, 0.1) is 5.69 Å². The molecule has 2 rings (SSSR count). The summed E-state index contributed by atoms with van der Waals surface area (Å²) in [5, 5.41) is 4.26. The number of nitrogens with zero attached hydrogens (tertiary/aromatic N) is 3. The molecular formula is C13H16N4O. The number of hydrogen-bond acceptors (Lipinski definition) is 3. The van der Waals surface area contributed by atoms with Gasteiger partial charge in [0.15, 0.2) is 5.69 Å². The van der Waals surface area contributed by atoms with Gasteiger partial charge in [0.2, 0.25) is 0 Å². The Balaban J connectivity index is 2.28. The van der Waals surface area contributed by atoms with Gasteiger partial charge < -0.3 is 10.6 Å². The molecule has 0 atom stereocenters. The van der Waals surface area contributed by atoms with Gasteiger partial charge >= 0.3 is 0 Å². The second-order valence-electron chi connectivity index (χ2n) is 4.06. The van der Waals surface area contributed by atoms with Crippen LogP contribution in [0.1, 0.15) is 17.4 Å². The van der Waals surface area contributed by atoms with Crippen molar-refractivity contribution < 1.29 is 4.79 Å². The van der Waals surface area contributed by atoms with Crippen molar-refractivity contribution in [1.82, 2.24) is 14.7 Å². The van der Waals surface area contributed by atoms with Crippen LogP contribution in [0.5, 0.6) is 0 Å². The molecule has 5 heteroatoms. The molecule has 18 heavy (non-hydrogen) atoms. The summed E-state index contributed by atoms with van der Waals surface area (Å²) >= 11 is 0. The summed E-state index contributed by atoms with van der Waals surface area (Å²) in [5.74, 6) is -0.0832. The fourth-order valence-corrected chi connectivity index (χ4v) is 1.59. The maximum Gasteiger partial charge on any atom is 0.274 e. The van der Waals surface area contributed by atoms with Gasteiger partial charge in [0.25, 0.3) is 5.91 Å². The number of nitrogen functional groups attached to an aromatic ring is 1. The van der Waals surface area contributed by atoms with Crippen LogP contribution in [0.15, 0.2) is 36.5 Å². The Morgan fingerprint density at radius 2 is 2.22 bits per heavy atom. The van der Waals surface area contributed by atoms with E-state index in [-0.39, 0.29) is 5.91 Å². The predicted octanol–water partition coefficient (Wildman–Crippen LogP) is 1.55. The Kier molecular flexibility index (Phi) is 3.32. The van der Waals surface area contributed by atoms with Crippen molar-refractivity contribution in [2.24, 2.45) is 0 Å². The highest BCUT2D eigenvalue weighted by Crippen LogP contribution is 2.12. The molecule has 1 heterocycles. The normalized spacial score (nSPS) is 10.3. The van der Waals surface area contributed by atoms with Crippen LogP contribution < -0.4 is 5.73 Å². The second kappa shape index (κ2) is 4.91. The summed E-state index contributed by atoms with van der Waals surface area (Å²) < 4.78 is 1.65. The van der Waals surface area contributed by atoms with E-state index >= 15 is 0 Å². The highest BCUT2D eigenvalue weighted by Gasteiger charge is 2.13. The number of hydrogen-bond donors (Lipinski definition) is 1. The van der Waals surface area contributed by atoms with Crippen molar-refractivity contribution in [3.63, 3.8) is 0 Å². The van der Waals surface area contributed by atoms with Gasteiger partial charge in [-0.3, -0.25) is 4.79 Å². The van der Waals surface area contributed by atoms with Gasteiger partial charge in [-0.05, 0) is 31.2 Å². The lowest BCUT2D eigenvalue weighted by atomic mass is 10.3. The Labute approximate surface area is 106 Å². The molecule has 0 fully saturated rings. The van der Waals surface area contributed by atoms with E-state index in [1.807, 2.05) is 31.2 Å². The minimum Gasteiger partial charge on any atom is -0.399 e. The van der Waals surface area contributed by atoms with E-state index in [4.69, 9.17) is 5.73 Å². The Morgan fingerprint density at radius 1 is 1.44 bits per heavy atom. The fraction of sp³-hybridized carbons (Fsp3) is 0.231. The molecular weight excluding hydrogens is 228 g/mol. The SMILES string of the molecule is CCN(C)C(=O)c1ccn(-c2cccc(N)c2)n1. The number of rotatable bonds is 3.